The lowest BCUT2D eigenvalue weighted by atomic mass is 9.96. The van der Waals surface area contributed by atoms with E-state index >= 15 is 0 Å². The van der Waals surface area contributed by atoms with Crippen molar-refractivity contribution in [3.05, 3.63) is 63.7 Å². The lowest BCUT2D eigenvalue weighted by Gasteiger charge is -2.17. The number of nitrogens with one attached hydrogen (secondary N) is 1. The molecule has 2 aromatic carbocycles. The molecule has 0 aliphatic heterocycles. The molecule has 0 saturated heterocycles. The van der Waals surface area contributed by atoms with E-state index in [1.165, 1.54) is 19.2 Å². The van der Waals surface area contributed by atoms with Crippen LogP contribution in [0.3, 0.4) is 0 Å². The predicted octanol–water partition coefficient (Wildman–Crippen LogP) is 3.93. The summed E-state index contributed by atoms with van der Waals surface area (Å²) in [6.07, 6.45) is 0.833. The standard InChI is InChI=1S/C20H24N2O5/c1-4-14(15-9-7-6-8-10-15)13-21-20(23)16-11-19(27-5-2)18(26-3)12-17(16)22(24)25/h6-12,14H,4-5,13H2,1-3H3,(H,21,23)/t14-/m1/s1. The third kappa shape index (κ3) is 4.97. The number of nitrogens with zero attached hydrogens (tertiary/aromatic N) is 1. The second-order valence-corrected chi connectivity index (χ2v) is 5.94. The summed E-state index contributed by atoms with van der Waals surface area (Å²) in [4.78, 5) is 23.5. The summed E-state index contributed by atoms with van der Waals surface area (Å²) < 4.78 is 10.6. The van der Waals surface area contributed by atoms with E-state index < -0.39 is 10.8 Å². The van der Waals surface area contributed by atoms with Gasteiger partial charge in [-0.05, 0) is 18.9 Å². The first kappa shape index (κ1) is 20.2. The van der Waals surface area contributed by atoms with E-state index in [2.05, 4.69) is 5.32 Å². The third-order valence-electron chi connectivity index (χ3n) is 4.30. The Labute approximate surface area is 158 Å². The minimum atomic E-state index is -0.596. The van der Waals surface area contributed by atoms with Gasteiger partial charge in [-0.25, -0.2) is 0 Å². The van der Waals surface area contributed by atoms with Crippen LogP contribution in [0, 0.1) is 10.1 Å². The molecule has 1 amide bonds. The average molecular weight is 372 g/mol. The summed E-state index contributed by atoms with van der Waals surface area (Å²) in [5.74, 6) is 0.125. The Morgan fingerprint density at radius 3 is 2.44 bits per heavy atom. The Hall–Kier alpha value is -3.09. The number of rotatable bonds is 9. The number of amides is 1. The highest BCUT2D eigenvalue weighted by Crippen LogP contribution is 2.34. The van der Waals surface area contributed by atoms with Gasteiger partial charge in [0, 0.05) is 18.5 Å². The normalized spacial score (nSPS) is 11.5. The van der Waals surface area contributed by atoms with Gasteiger partial charge < -0.3 is 14.8 Å². The lowest BCUT2D eigenvalue weighted by Crippen LogP contribution is -2.29. The van der Waals surface area contributed by atoms with Crippen molar-refractivity contribution < 1.29 is 19.2 Å². The van der Waals surface area contributed by atoms with Gasteiger partial charge in [-0.3, -0.25) is 14.9 Å². The Bertz CT molecular complexity index is 792. The van der Waals surface area contributed by atoms with Crippen molar-refractivity contribution in [1.82, 2.24) is 5.32 Å². The van der Waals surface area contributed by atoms with Gasteiger partial charge in [-0.2, -0.15) is 0 Å². The average Bonchev–Trinajstić information content (AvgIpc) is 2.68. The minimum Gasteiger partial charge on any atom is -0.493 e. The number of methoxy groups -OCH3 is 1. The van der Waals surface area contributed by atoms with E-state index in [4.69, 9.17) is 9.47 Å². The van der Waals surface area contributed by atoms with E-state index in [0.29, 0.717) is 18.9 Å². The van der Waals surface area contributed by atoms with Crippen LogP contribution in [0.15, 0.2) is 42.5 Å². The Kier molecular flexibility index (Phi) is 7.16. The van der Waals surface area contributed by atoms with Crippen molar-refractivity contribution in [2.75, 3.05) is 20.3 Å². The number of hydrogen-bond acceptors (Lipinski definition) is 5. The summed E-state index contributed by atoms with van der Waals surface area (Å²) >= 11 is 0. The molecule has 0 spiro atoms. The summed E-state index contributed by atoms with van der Waals surface area (Å²) in [5.41, 5.74) is 0.743. The van der Waals surface area contributed by atoms with Crippen molar-refractivity contribution in [3.63, 3.8) is 0 Å². The molecule has 0 radical (unpaired) electrons. The topological polar surface area (TPSA) is 90.7 Å². The molecule has 2 aromatic rings. The zero-order chi connectivity index (χ0) is 19.8. The molecule has 0 bridgehead atoms. The molecule has 0 heterocycles. The minimum absolute atomic E-state index is 0.0489. The van der Waals surface area contributed by atoms with Gasteiger partial charge >= 0.3 is 0 Å². The number of benzene rings is 2. The van der Waals surface area contributed by atoms with Crippen molar-refractivity contribution in [2.24, 2.45) is 0 Å². The molecule has 0 fully saturated rings. The van der Waals surface area contributed by atoms with Crippen molar-refractivity contribution in [1.29, 1.82) is 0 Å². The summed E-state index contributed by atoms with van der Waals surface area (Å²) in [7, 11) is 1.40. The summed E-state index contributed by atoms with van der Waals surface area (Å²) in [5, 5.41) is 14.2. The number of carbonyl (C=O) groups excluding carboxylic acids is 1. The van der Waals surface area contributed by atoms with E-state index in [9.17, 15) is 14.9 Å². The fraction of sp³-hybridized carbons (Fsp3) is 0.350. The monoisotopic (exact) mass is 372 g/mol. The van der Waals surface area contributed by atoms with E-state index in [1.807, 2.05) is 37.3 Å². The van der Waals surface area contributed by atoms with Gasteiger partial charge in [-0.15, -0.1) is 0 Å². The van der Waals surface area contributed by atoms with Crippen LogP contribution in [0.4, 0.5) is 5.69 Å². The predicted molar refractivity (Wildman–Crippen MR) is 103 cm³/mol. The number of nitro benzene ring substituents is 1. The molecule has 0 aliphatic rings. The highest BCUT2D eigenvalue weighted by atomic mass is 16.6. The molecule has 1 atom stereocenters. The van der Waals surface area contributed by atoms with Crippen LogP contribution in [0.25, 0.3) is 0 Å². The highest BCUT2D eigenvalue weighted by molar-refractivity contribution is 5.99. The van der Waals surface area contributed by atoms with Gasteiger partial charge in [0.25, 0.3) is 11.6 Å². The molecule has 0 aliphatic carbocycles. The van der Waals surface area contributed by atoms with Crippen LogP contribution < -0.4 is 14.8 Å². The van der Waals surface area contributed by atoms with Crippen LogP contribution in [0.1, 0.15) is 42.1 Å². The fourth-order valence-corrected chi connectivity index (χ4v) is 2.84. The summed E-state index contributed by atoms with van der Waals surface area (Å²) in [6.45, 7) is 4.55. The molecule has 144 valence electrons. The van der Waals surface area contributed by atoms with E-state index in [-0.39, 0.29) is 22.9 Å². The molecule has 0 saturated carbocycles. The Balaban J connectivity index is 2.26. The molecule has 2 rings (SSSR count). The largest absolute Gasteiger partial charge is 0.493 e. The fourth-order valence-electron chi connectivity index (χ4n) is 2.84. The van der Waals surface area contributed by atoms with Crippen LogP contribution in [0.2, 0.25) is 0 Å². The Morgan fingerprint density at radius 2 is 1.89 bits per heavy atom. The zero-order valence-electron chi connectivity index (χ0n) is 15.7. The van der Waals surface area contributed by atoms with Gasteiger partial charge in [-0.1, -0.05) is 37.3 Å². The second-order valence-electron chi connectivity index (χ2n) is 5.94. The number of nitro groups is 1. The molecular weight excluding hydrogens is 348 g/mol. The van der Waals surface area contributed by atoms with E-state index in [1.54, 1.807) is 6.92 Å². The molecule has 7 nitrogen and oxygen atoms in total. The maximum absolute atomic E-state index is 12.7. The van der Waals surface area contributed by atoms with E-state index in [0.717, 1.165) is 12.0 Å². The third-order valence-corrected chi connectivity index (χ3v) is 4.30. The lowest BCUT2D eigenvalue weighted by molar-refractivity contribution is -0.385. The molecule has 7 heteroatoms. The quantitative estimate of drug-likeness (QED) is 0.532. The molecule has 27 heavy (non-hydrogen) atoms. The first-order valence-electron chi connectivity index (χ1n) is 8.84. The number of carbonyl (C=O) groups is 1. The van der Waals surface area contributed by atoms with Gasteiger partial charge in [0.1, 0.15) is 5.56 Å². The van der Waals surface area contributed by atoms with Gasteiger partial charge in [0.15, 0.2) is 11.5 Å². The molecular formula is C20H24N2O5. The molecule has 0 aromatic heterocycles. The van der Waals surface area contributed by atoms with Crippen LogP contribution in [-0.2, 0) is 0 Å². The summed E-state index contributed by atoms with van der Waals surface area (Å²) in [6, 6.07) is 12.4. The van der Waals surface area contributed by atoms with Gasteiger partial charge in [0.05, 0.1) is 24.7 Å². The first-order valence-corrected chi connectivity index (χ1v) is 8.84. The number of hydrogen-bond donors (Lipinski definition) is 1. The van der Waals surface area contributed by atoms with Crippen LogP contribution in [0.5, 0.6) is 11.5 Å². The zero-order valence-corrected chi connectivity index (χ0v) is 15.7. The van der Waals surface area contributed by atoms with Crippen LogP contribution in [-0.4, -0.2) is 31.1 Å². The van der Waals surface area contributed by atoms with Crippen LogP contribution >= 0.6 is 0 Å². The first-order chi connectivity index (χ1) is 13.0. The highest BCUT2D eigenvalue weighted by Gasteiger charge is 2.25. The smallest absolute Gasteiger partial charge is 0.286 e. The van der Waals surface area contributed by atoms with Crippen molar-refractivity contribution in [2.45, 2.75) is 26.2 Å². The number of ether oxygens (including phenoxy) is 2. The maximum atomic E-state index is 12.7. The van der Waals surface area contributed by atoms with Gasteiger partial charge in [0.2, 0.25) is 0 Å². The SMILES string of the molecule is CCOc1cc(C(=O)NC[C@@H](CC)c2ccccc2)c([N+](=O)[O-])cc1OC. The molecule has 0 unspecified atom stereocenters. The second kappa shape index (κ2) is 9.56. The Morgan fingerprint density at radius 1 is 1.19 bits per heavy atom. The molecule has 1 N–H and O–H groups in total. The maximum Gasteiger partial charge on any atom is 0.286 e. The van der Waals surface area contributed by atoms with Crippen molar-refractivity contribution >= 4 is 11.6 Å². The van der Waals surface area contributed by atoms with Crippen molar-refractivity contribution in [3.8, 4) is 11.5 Å².